The van der Waals surface area contributed by atoms with Crippen LogP contribution < -0.4 is 0 Å². The minimum Gasteiger partial charge on any atom is -0.117 e. The lowest BCUT2D eigenvalue weighted by Gasteiger charge is -2.15. The SMILES string of the molecule is Clc1ccc(C(Cl)C2C3CCCC32)c2ccccc12. The maximum atomic E-state index is 6.79. The normalized spacial score (nSPS) is 30.3. The third-order valence-electron chi connectivity index (χ3n) is 5.01. The molecule has 98 valence electrons. The van der Waals surface area contributed by atoms with Gasteiger partial charge in [-0.3, -0.25) is 0 Å². The van der Waals surface area contributed by atoms with Crippen LogP contribution in [0.5, 0.6) is 0 Å². The number of rotatable bonds is 2. The minimum absolute atomic E-state index is 0.150. The van der Waals surface area contributed by atoms with E-state index in [1.54, 1.807) is 0 Å². The van der Waals surface area contributed by atoms with Crippen molar-refractivity contribution in [2.45, 2.75) is 24.6 Å². The zero-order valence-corrected chi connectivity index (χ0v) is 12.2. The average Bonchev–Trinajstić information content (AvgIpc) is 2.92. The van der Waals surface area contributed by atoms with Crippen molar-refractivity contribution in [1.82, 2.24) is 0 Å². The van der Waals surface area contributed by atoms with Gasteiger partial charge in [-0.1, -0.05) is 48.4 Å². The number of halogens is 2. The van der Waals surface area contributed by atoms with Gasteiger partial charge in [-0.15, -0.1) is 11.6 Å². The first-order chi connectivity index (χ1) is 9.27. The molecule has 2 fully saturated rings. The van der Waals surface area contributed by atoms with Crippen LogP contribution in [0.4, 0.5) is 0 Å². The van der Waals surface area contributed by atoms with E-state index >= 15 is 0 Å². The Labute approximate surface area is 123 Å². The Kier molecular flexibility index (Phi) is 2.79. The summed E-state index contributed by atoms with van der Waals surface area (Å²) in [6.45, 7) is 0. The van der Waals surface area contributed by atoms with Gasteiger partial charge in [-0.2, -0.15) is 0 Å². The van der Waals surface area contributed by atoms with Gasteiger partial charge in [0.15, 0.2) is 0 Å². The Balaban J connectivity index is 1.77. The van der Waals surface area contributed by atoms with Crippen LogP contribution in [0.3, 0.4) is 0 Å². The Morgan fingerprint density at radius 2 is 1.63 bits per heavy atom. The van der Waals surface area contributed by atoms with Gasteiger partial charge in [0.05, 0.1) is 5.38 Å². The molecule has 2 aromatic rings. The van der Waals surface area contributed by atoms with Crippen LogP contribution in [0.25, 0.3) is 10.8 Å². The molecular weight excluding hydrogens is 275 g/mol. The fourth-order valence-electron chi connectivity index (χ4n) is 4.04. The van der Waals surface area contributed by atoms with E-state index in [-0.39, 0.29) is 5.38 Å². The molecule has 0 heterocycles. The van der Waals surface area contributed by atoms with E-state index in [0.717, 1.165) is 22.2 Å². The molecule has 3 atom stereocenters. The minimum atomic E-state index is 0.150. The van der Waals surface area contributed by atoms with E-state index in [1.807, 2.05) is 12.1 Å². The molecule has 0 aliphatic heterocycles. The number of benzene rings is 2. The highest BCUT2D eigenvalue weighted by atomic mass is 35.5. The Morgan fingerprint density at radius 1 is 0.947 bits per heavy atom. The first-order valence-electron chi connectivity index (χ1n) is 7.08. The van der Waals surface area contributed by atoms with Crippen LogP contribution in [0.2, 0.25) is 5.02 Å². The molecule has 2 saturated carbocycles. The fraction of sp³-hybridized carbons (Fsp3) is 0.412. The van der Waals surface area contributed by atoms with Gasteiger partial charge < -0.3 is 0 Å². The van der Waals surface area contributed by atoms with E-state index < -0.39 is 0 Å². The van der Waals surface area contributed by atoms with Gasteiger partial charge in [0, 0.05) is 10.4 Å². The van der Waals surface area contributed by atoms with Crippen molar-refractivity contribution in [1.29, 1.82) is 0 Å². The molecule has 0 aromatic heterocycles. The third-order valence-corrected chi connectivity index (χ3v) is 5.87. The summed E-state index contributed by atoms with van der Waals surface area (Å²) in [5.41, 5.74) is 1.26. The summed E-state index contributed by atoms with van der Waals surface area (Å²) in [7, 11) is 0. The lowest BCUT2D eigenvalue weighted by molar-refractivity contribution is 0.575. The molecular formula is C17H16Cl2. The average molecular weight is 291 g/mol. The van der Waals surface area contributed by atoms with E-state index in [9.17, 15) is 0 Å². The summed E-state index contributed by atoms with van der Waals surface area (Å²) >= 11 is 13.1. The summed E-state index contributed by atoms with van der Waals surface area (Å²) < 4.78 is 0. The second-order valence-electron chi connectivity index (χ2n) is 5.92. The Bertz CT molecular complexity index is 624. The summed E-state index contributed by atoms with van der Waals surface area (Å²) in [4.78, 5) is 0. The van der Waals surface area contributed by atoms with E-state index in [0.29, 0.717) is 5.92 Å². The zero-order chi connectivity index (χ0) is 13.0. The van der Waals surface area contributed by atoms with Crippen LogP contribution in [0.15, 0.2) is 36.4 Å². The molecule has 2 aliphatic carbocycles. The van der Waals surface area contributed by atoms with Crippen molar-refractivity contribution in [3.05, 3.63) is 47.0 Å². The molecule has 19 heavy (non-hydrogen) atoms. The van der Waals surface area contributed by atoms with Crippen LogP contribution in [0, 0.1) is 17.8 Å². The third kappa shape index (κ3) is 1.80. The maximum absolute atomic E-state index is 6.79. The lowest BCUT2D eigenvalue weighted by Crippen LogP contribution is -1.99. The highest BCUT2D eigenvalue weighted by Crippen LogP contribution is 2.64. The molecule has 0 saturated heterocycles. The molecule has 0 nitrogen and oxygen atoms in total. The van der Waals surface area contributed by atoms with Crippen molar-refractivity contribution in [2.75, 3.05) is 0 Å². The van der Waals surface area contributed by atoms with E-state index in [1.165, 1.54) is 30.2 Å². The van der Waals surface area contributed by atoms with E-state index in [4.69, 9.17) is 23.2 Å². The van der Waals surface area contributed by atoms with Gasteiger partial charge in [0.25, 0.3) is 0 Å². The Morgan fingerprint density at radius 3 is 2.37 bits per heavy atom. The lowest BCUT2D eigenvalue weighted by atomic mass is 9.97. The van der Waals surface area contributed by atoms with Crippen molar-refractivity contribution < 1.29 is 0 Å². The molecule has 2 aliphatic rings. The van der Waals surface area contributed by atoms with Crippen molar-refractivity contribution >= 4 is 34.0 Å². The molecule has 2 heteroatoms. The monoisotopic (exact) mass is 290 g/mol. The summed E-state index contributed by atoms with van der Waals surface area (Å²) in [5.74, 6) is 2.47. The molecule has 0 spiro atoms. The molecule has 0 N–H and O–H groups in total. The predicted molar refractivity (Wildman–Crippen MR) is 81.9 cm³/mol. The first kappa shape index (κ1) is 12.1. The van der Waals surface area contributed by atoms with Crippen molar-refractivity contribution in [3.8, 4) is 0 Å². The van der Waals surface area contributed by atoms with Crippen molar-refractivity contribution in [2.24, 2.45) is 17.8 Å². The first-order valence-corrected chi connectivity index (χ1v) is 7.90. The van der Waals surface area contributed by atoms with Crippen LogP contribution in [-0.4, -0.2) is 0 Å². The van der Waals surface area contributed by atoms with Gasteiger partial charge in [0.2, 0.25) is 0 Å². The second-order valence-corrected chi connectivity index (χ2v) is 6.80. The molecule has 3 unspecified atom stereocenters. The zero-order valence-electron chi connectivity index (χ0n) is 10.7. The number of alkyl halides is 1. The molecule has 0 bridgehead atoms. The fourth-order valence-corrected chi connectivity index (χ4v) is 4.84. The number of hydrogen-bond acceptors (Lipinski definition) is 0. The summed E-state index contributed by atoms with van der Waals surface area (Å²) in [6, 6.07) is 12.4. The molecule has 0 amide bonds. The van der Waals surface area contributed by atoms with E-state index in [2.05, 4.69) is 24.3 Å². The summed E-state index contributed by atoms with van der Waals surface area (Å²) in [5, 5.41) is 3.31. The largest absolute Gasteiger partial charge is 0.117 e. The van der Waals surface area contributed by atoms with Crippen LogP contribution in [-0.2, 0) is 0 Å². The quantitative estimate of drug-likeness (QED) is 0.612. The second kappa shape index (κ2) is 4.40. The number of fused-ring (bicyclic) bond motifs is 2. The van der Waals surface area contributed by atoms with Crippen molar-refractivity contribution in [3.63, 3.8) is 0 Å². The maximum Gasteiger partial charge on any atom is 0.0624 e. The van der Waals surface area contributed by atoms with Crippen LogP contribution >= 0.6 is 23.2 Å². The highest BCUT2D eigenvalue weighted by Gasteiger charge is 2.55. The van der Waals surface area contributed by atoms with Gasteiger partial charge in [-0.05, 0) is 47.6 Å². The molecule has 4 rings (SSSR count). The smallest absolute Gasteiger partial charge is 0.0624 e. The number of hydrogen-bond donors (Lipinski definition) is 0. The Hall–Kier alpha value is -0.720. The highest BCUT2D eigenvalue weighted by molar-refractivity contribution is 6.35. The molecule has 0 radical (unpaired) electrons. The topological polar surface area (TPSA) is 0 Å². The molecule has 2 aromatic carbocycles. The van der Waals surface area contributed by atoms with Crippen LogP contribution in [0.1, 0.15) is 30.2 Å². The van der Waals surface area contributed by atoms with Gasteiger partial charge >= 0.3 is 0 Å². The van der Waals surface area contributed by atoms with Gasteiger partial charge in [-0.25, -0.2) is 0 Å². The standard InChI is InChI=1S/C17H16Cl2/c18-15-9-8-14(10-4-1-2-5-11(10)15)17(19)16-12-6-3-7-13(12)16/h1-2,4-5,8-9,12-13,16-17H,3,6-7H2. The van der Waals surface area contributed by atoms with Gasteiger partial charge in [0.1, 0.15) is 0 Å². The summed E-state index contributed by atoms with van der Waals surface area (Å²) in [6.07, 6.45) is 4.16. The predicted octanol–water partition coefficient (Wildman–Crippen LogP) is 5.82.